The van der Waals surface area contributed by atoms with Gasteiger partial charge in [0, 0.05) is 26.8 Å². The highest BCUT2D eigenvalue weighted by atomic mass is 79.9. The van der Waals surface area contributed by atoms with E-state index in [0.29, 0.717) is 6.42 Å². The van der Waals surface area contributed by atoms with Gasteiger partial charge in [-0.2, -0.15) is 0 Å². The van der Waals surface area contributed by atoms with Crippen LogP contribution < -0.4 is 0 Å². The molecule has 3 rings (SSSR count). The summed E-state index contributed by atoms with van der Waals surface area (Å²) in [6, 6.07) is 25.8. The second kappa shape index (κ2) is 9.11. The molecule has 0 saturated heterocycles. The van der Waals surface area contributed by atoms with Crippen LogP contribution in [0, 0.1) is 0 Å². The second-order valence-electron chi connectivity index (χ2n) is 6.07. The zero-order chi connectivity index (χ0) is 18.4. The Balaban J connectivity index is 1.88. The Bertz CT molecular complexity index is 916. The number of halogens is 2. The van der Waals surface area contributed by atoms with E-state index in [0.717, 1.165) is 25.6 Å². The molecule has 0 saturated carbocycles. The van der Waals surface area contributed by atoms with Crippen LogP contribution in [0.25, 0.3) is 6.08 Å². The molecule has 1 atom stereocenters. The highest BCUT2D eigenvalue weighted by Crippen LogP contribution is 2.27. The molecule has 0 fully saturated rings. The summed E-state index contributed by atoms with van der Waals surface area (Å²) in [5, 5.41) is 0. The van der Waals surface area contributed by atoms with Crippen molar-refractivity contribution < 1.29 is 4.79 Å². The van der Waals surface area contributed by atoms with Gasteiger partial charge in [-0.3, -0.25) is 4.79 Å². The number of ketones is 1. The molecule has 3 heteroatoms. The van der Waals surface area contributed by atoms with Gasteiger partial charge >= 0.3 is 0 Å². The molecule has 3 aromatic carbocycles. The highest BCUT2D eigenvalue weighted by Gasteiger charge is 2.15. The third-order valence-corrected chi connectivity index (χ3v) is 5.13. The largest absolute Gasteiger partial charge is 0.294 e. The minimum atomic E-state index is 0.0131. The standard InChI is InChI=1S/C23H18Br2O/c24-21-10-4-6-17(14-21)12-13-20(19-9-5-11-22(25)15-19)16-23(26)18-7-2-1-3-8-18/h1-15,20H,16H2/b13-12+. The van der Waals surface area contributed by atoms with E-state index in [1.165, 1.54) is 0 Å². The molecule has 0 aliphatic rings. The van der Waals surface area contributed by atoms with Crippen LogP contribution in [-0.4, -0.2) is 5.78 Å². The summed E-state index contributed by atoms with van der Waals surface area (Å²) in [7, 11) is 0. The Hall–Kier alpha value is -1.97. The van der Waals surface area contributed by atoms with Gasteiger partial charge in [-0.25, -0.2) is 0 Å². The number of rotatable bonds is 6. The van der Waals surface area contributed by atoms with E-state index >= 15 is 0 Å². The fourth-order valence-corrected chi connectivity index (χ4v) is 3.65. The van der Waals surface area contributed by atoms with Crippen LogP contribution in [0.4, 0.5) is 0 Å². The number of allylic oxidation sites excluding steroid dienone is 1. The average Bonchev–Trinajstić information content (AvgIpc) is 2.65. The maximum Gasteiger partial charge on any atom is 0.163 e. The number of benzene rings is 3. The number of hydrogen-bond donors (Lipinski definition) is 0. The zero-order valence-electron chi connectivity index (χ0n) is 14.1. The van der Waals surface area contributed by atoms with Crippen LogP contribution >= 0.6 is 31.9 Å². The number of carbonyl (C=O) groups is 1. The topological polar surface area (TPSA) is 17.1 Å². The van der Waals surface area contributed by atoms with Crippen molar-refractivity contribution in [1.29, 1.82) is 0 Å². The molecular weight excluding hydrogens is 452 g/mol. The van der Waals surface area contributed by atoms with Crippen molar-refractivity contribution in [1.82, 2.24) is 0 Å². The van der Waals surface area contributed by atoms with Gasteiger partial charge < -0.3 is 0 Å². The molecule has 3 aromatic rings. The first-order valence-corrected chi connectivity index (χ1v) is 9.98. The molecule has 1 nitrogen and oxygen atoms in total. The van der Waals surface area contributed by atoms with E-state index in [4.69, 9.17) is 0 Å². The van der Waals surface area contributed by atoms with Crippen molar-refractivity contribution >= 4 is 43.7 Å². The fraction of sp³-hybridized carbons (Fsp3) is 0.0870. The van der Waals surface area contributed by atoms with Crippen molar-refractivity contribution in [2.75, 3.05) is 0 Å². The van der Waals surface area contributed by atoms with E-state index in [-0.39, 0.29) is 11.7 Å². The first kappa shape index (κ1) is 18.8. The maximum atomic E-state index is 12.7. The molecule has 1 unspecified atom stereocenters. The van der Waals surface area contributed by atoms with Gasteiger partial charge in [0.25, 0.3) is 0 Å². The smallest absolute Gasteiger partial charge is 0.163 e. The first-order valence-electron chi connectivity index (χ1n) is 8.39. The number of hydrogen-bond acceptors (Lipinski definition) is 1. The molecule has 0 spiro atoms. The lowest BCUT2D eigenvalue weighted by atomic mass is 9.90. The quantitative estimate of drug-likeness (QED) is 0.346. The normalized spacial score (nSPS) is 12.2. The van der Waals surface area contributed by atoms with Crippen LogP contribution in [-0.2, 0) is 0 Å². The van der Waals surface area contributed by atoms with Crippen molar-refractivity contribution in [2.45, 2.75) is 12.3 Å². The summed E-state index contributed by atoms with van der Waals surface area (Å²) in [6.45, 7) is 0. The molecule has 0 aromatic heterocycles. The Labute approximate surface area is 171 Å². The second-order valence-corrected chi connectivity index (χ2v) is 7.90. The molecule has 0 N–H and O–H groups in total. The summed E-state index contributed by atoms with van der Waals surface area (Å²) < 4.78 is 2.06. The van der Waals surface area contributed by atoms with Crippen LogP contribution in [0.3, 0.4) is 0 Å². The Morgan fingerprint density at radius 3 is 2.23 bits per heavy atom. The molecule has 0 radical (unpaired) electrons. The van der Waals surface area contributed by atoms with Crippen LogP contribution in [0.5, 0.6) is 0 Å². The van der Waals surface area contributed by atoms with Crippen molar-refractivity contribution in [2.24, 2.45) is 0 Å². The lowest BCUT2D eigenvalue weighted by Crippen LogP contribution is -2.06. The van der Waals surface area contributed by atoms with Crippen LogP contribution in [0.2, 0.25) is 0 Å². The third kappa shape index (κ3) is 5.26. The predicted molar refractivity (Wildman–Crippen MR) is 115 cm³/mol. The summed E-state index contributed by atoms with van der Waals surface area (Å²) in [5.41, 5.74) is 2.98. The van der Waals surface area contributed by atoms with E-state index < -0.39 is 0 Å². The van der Waals surface area contributed by atoms with Crippen LogP contribution in [0.1, 0.15) is 33.8 Å². The van der Waals surface area contributed by atoms with E-state index in [1.807, 2.05) is 54.6 Å². The lowest BCUT2D eigenvalue weighted by molar-refractivity contribution is 0.0978. The zero-order valence-corrected chi connectivity index (χ0v) is 17.3. The van der Waals surface area contributed by atoms with Gasteiger partial charge in [-0.15, -0.1) is 0 Å². The summed E-state index contributed by atoms with van der Waals surface area (Å²) in [5.74, 6) is 0.161. The van der Waals surface area contributed by atoms with E-state index in [2.05, 4.69) is 68.3 Å². The molecule has 0 heterocycles. The molecule has 0 aliphatic carbocycles. The Morgan fingerprint density at radius 1 is 0.846 bits per heavy atom. The summed E-state index contributed by atoms with van der Waals surface area (Å²) in [4.78, 5) is 12.7. The highest BCUT2D eigenvalue weighted by molar-refractivity contribution is 9.10. The van der Waals surface area contributed by atoms with Gasteiger partial charge in [-0.05, 0) is 35.4 Å². The fourth-order valence-electron chi connectivity index (χ4n) is 2.81. The van der Waals surface area contributed by atoms with Crippen LogP contribution in [0.15, 0.2) is 93.9 Å². The van der Waals surface area contributed by atoms with E-state index in [1.54, 1.807) is 0 Å². The van der Waals surface area contributed by atoms with E-state index in [9.17, 15) is 4.79 Å². The Kier molecular flexibility index (Phi) is 6.59. The predicted octanol–water partition coefficient (Wildman–Crippen LogP) is 7.28. The SMILES string of the molecule is O=C(CC(/C=C/c1cccc(Br)c1)c1cccc(Br)c1)c1ccccc1. The molecule has 0 amide bonds. The molecular formula is C23H18Br2O. The van der Waals surface area contributed by atoms with Gasteiger partial charge in [-0.1, -0.05) is 98.6 Å². The van der Waals surface area contributed by atoms with Crippen molar-refractivity contribution in [3.05, 3.63) is 111 Å². The van der Waals surface area contributed by atoms with Gasteiger partial charge in [0.1, 0.15) is 0 Å². The minimum absolute atomic E-state index is 0.0131. The van der Waals surface area contributed by atoms with Crippen molar-refractivity contribution in [3.8, 4) is 0 Å². The molecule has 0 bridgehead atoms. The monoisotopic (exact) mass is 468 g/mol. The van der Waals surface area contributed by atoms with Gasteiger partial charge in [0.2, 0.25) is 0 Å². The minimum Gasteiger partial charge on any atom is -0.294 e. The summed E-state index contributed by atoms with van der Waals surface area (Å²) >= 11 is 7.03. The first-order chi connectivity index (χ1) is 12.6. The maximum absolute atomic E-state index is 12.7. The number of carbonyl (C=O) groups excluding carboxylic acids is 1. The lowest BCUT2D eigenvalue weighted by Gasteiger charge is -2.13. The molecule has 0 aliphatic heterocycles. The average molecular weight is 470 g/mol. The van der Waals surface area contributed by atoms with Crippen molar-refractivity contribution in [3.63, 3.8) is 0 Å². The Morgan fingerprint density at radius 2 is 1.54 bits per heavy atom. The summed E-state index contributed by atoms with van der Waals surface area (Å²) in [6.07, 6.45) is 4.63. The van der Waals surface area contributed by atoms with Gasteiger partial charge in [0.05, 0.1) is 0 Å². The van der Waals surface area contributed by atoms with Gasteiger partial charge in [0.15, 0.2) is 5.78 Å². The number of Topliss-reactive ketones (excluding diaryl/α,β-unsaturated/α-hetero) is 1. The molecule has 130 valence electrons. The molecule has 26 heavy (non-hydrogen) atoms. The third-order valence-electron chi connectivity index (χ3n) is 4.15.